The summed E-state index contributed by atoms with van der Waals surface area (Å²) in [4.78, 5) is 2.50. The van der Waals surface area contributed by atoms with Crippen LogP contribution in [0.2, 0.25) is 0 Å². The number of hydrogen-bond acceptors (Lipinski definition) is 4. The molecule has 0 bridgehead atoms. The van der Waals surface area contributed by atoms with E-state index in [1.54, 1.807) is 0 Å². The fraction of sp³-hybridized carbons (Fsp3) is 0.419. The van der Waals surface area contributed by atoms with Crippen molar-refractivity contribution in [1.82, 2.24) is 4.90 Å². The van der Waals surface area contributed by atoms with Crippen LogP contribution in [0.15, 0.2) is 60.7 Å². The third-order valence-electron chi connectivity index (χ3n) is 8.55. The van der Waals surface area contributed by atoms with Gasteiger partial charge < -0.3 is 14.9 Å². The Morgan fingerprint density at radius 1 is 0.771 bits per heavy atom. The highest BCUT2D eigenvalue weighted by molar-refractivity contribution is 5.49. The number of rotatable bonds is 6. The van der Waals surface area contributed by atoms with Crippen LogP contribution < -0.4 is 4.74 Å². The highest BCUT2D eigenvalue weighted by atomic mass is 16.5. The smallest absolute Gasteiger partial charge is 0.119 e. The van der Waals surface area contributed by atoms with Crippen molar-refractivity contribution in [1.29, 1.82) is 0 Å². The predicted octanol–water partition coefficient (Wildman–Crippen LogP) is 5.63. The van der Waals surface area contributed by atoms with E-state index in [0.717, 1.165) is 44.6 Å². The number of nitrogens with zero attached hydrogens (tertiary/aromatic N) is 1. The average molecular weight is 470 g/mol. The molecule has 35 heavy (non-hydrogen) atoms. The molecule has 6 rings (SSSR count). The van der Waals surface area contributed by atoms with Crippen LogP contribution in [-0.4, -0.2) is 41.4 Å². The molecule has 3 aromatic rings. The van der Waals surface area contributed by atoms with E-state index in [4.69, 9.17) is 4.74 Å². The molecule has 2 aliphatic carbocycles. The van der Waals surface area contributed by atoms with E-state index in [-0.39, 0.29) is 5.41 Å². The summed E-state index contributed by atoms with van der Waals surface area (Å²) in [5.41, 5.74) is 6.64. The Bertz CT molecular complexity index is 1190. The Labute approximate surface area is 208 Å². The molecule has 4 heteroatoms. The number of benzene rings is 3. The summed E-state index contributed by atoms with van der Waals surface area (Å²) in [7, 11) is 0. The van der Waals surface area contributed by atoms with Crippen molar-refractivity contribution < 1.29 is 14.9 Å². The summed E-state index contributed by atoms with van der Waals surface area (Å²) >= 11 is 0. The lowest BCUT2D eigenvalue weighted by Crippen LogP contribution is -2.33. The molecule has 0 amide bonds. The highest BCUT2D eigenvalue weighted by Crippen LogP contribution is 2.56. The maximum atomic E-state index is 10.3. The van der Waals surface area contributed by atoms with Gasteiger partial charge in [0.15, 0.2) is 0 Å². The maximum Gasteiger partial charge on any atom is 0.119 e. The number of ether oxygens (including phenoxy) is 1. The third-order valence-corrected chi connectivity index (χ3v) is 8.55. The van der Waals surface area contributed by atoms with Crippen LogP contribution in [0.25, 0.3) is 0 Å². The number of fused-ring (bicyclic) bond motifs is 2. The molecular formula is C31H35NO3. The van der Waals surface area contributed by atoms with Gasteiger partial charge in [-0.15, -0.1) is 0 Å². The fourth-order valence-electron chi connectivity index (χ4n) is 6.80. The van der Waals surface area contributed by atoms with Gasteiger partial charge in [-0.1, -0.05) is 30.7 Å². The van der Waals surface area contributed by atoms with Gasteiger partial charge in [-0.2, -0.15) is 0 Å². The second-order valence-electron chi connectivity index (χ2n) is 10.9. The molecule has 2 N–H and O–H groups in total. The second kappa shape index (κ2) is 9.23. The van der Waals surface area contributed by atoms with E-state index >= 15 is 0 Å². The Morgan fingerprint density at radius 2 is 1.46 bits per heavy atom. The van der Waals surface area contributed by atoms with Crippen molar-refractivity contribution in [2.45, 2.75) is 50.9 Å². The van der Waals surface area contributed by atoms with Gasteiger partial charge in [0.2, 0.25) is 0 Å². The van der Waals surface area contributed by atoms with Crippen molar-refractivity contribution in [3.8, 4) is 17.2 Å². The summed E-state index contributed by atoms with van der Waals surface area (Å²) in [6.07, 6.45) is 7.91. The van der Waals surface area contributed by atoms with Gasteiger partial charge in [0.1, 0.15) is 23.9 Å². The van der Waals surface area contributed by atoms with Gasteiger partial charge in [-0.3, -0.25) is 4.90 Å². The van der Waals surface area contributed by atoms with Gasteiger partial charge in [-0.05, 0) is 127 Å². The molecule has 0 aromatic heterocycles. The molecule has 182 valence electrons. The molecule has 3 aromatic carbocycles. The number of phenolic OH excluding ortho intramolecular Hbond substituents is 2. The average Bonchev–Trinajstić information content (AvgIpc) is 3.36. The van der Waals surface area contributed by atoms with Crippen LogP contribution in [0.1, 0.15) is 53.0 Å². The van der Waals surface area contributed by atoms with Crippen LogP contribution >= 0.6 is 0 Å². The maximum absolute atomic E-state index is 10.3. The molecule has 3 aliphatic rings. The zero-order valence-corrected chi connectivity index (χ0v) is 20.4. The van der Waals surface area contributed by atoms with Gasteiger partial charge in [0, 0.05) is 6.54 Å². The molecule has 1 heterocycles. The van der Waals surface area contributed by atoms with E-state index in [2.05, 4.69) is 41.3 Å². The number of hydrogen-bond donors (Lipinski definition) is 2. The van der Waals surface area contributed by atoms with E-state index in [0.29, 0.717) is 17.4 Å². The number of aromatic hydroxyl groups is 2. The first-order chi connectivity index (χ1) is 17.1. The van der Waals surface area contributed by atoms with E-state index < -0.39 is 0 Å². The van der Waals surface area contributed by atoms with E-state index in [1.165, 1.54) is 60.2 Å². The van der Waals surface area contributed by atoms with Crippen LogP contribution in [0.3, 0.4) is 0 Å². The molecule has 0 saturated carbocycles. The largest absolute Gasteiger partial charge is 0.508 e. The zero-order valence-electron chi connectivity index (χ0n) is 20.4. The van der Waals surface area contributed by atoms with Crippen molar-refractivity contribution in [3.63, 3.8) is 0 Å². The minimum Gasteiger partial charge on any atom is -0.508 e. The summed E-state index contributed by atoms with van der Waals surface area (Å²) in [5.74, 6) is 1.96. The summed E-state index contributed by atoms with van der Waals surface area (Å²) < 4.78 is 6.05. The van der Waals surface area contributed by atoms with Crippen LogP contribution in [0.5, 0.6) is 17.2 Å². The molecule has 1 aliphatic heterocycles. The molecule has 4 nitrogen and oxygen atoms in total. The molecule has 2 atom stereocenters. The van der Waals surface area contributed by atoms with Crippen molar-refractivity contribution in [3.05, 3.63) is 88.5 Å². The van der Waals surface area contributed by atoms with E-state index in [1.807, 2.05) is 24.3 Å². The summed E-state index contributed by atoms with van der Waals surface area (Å²) in [5, 5.41) is 20.3. The Kier molecular flexibility index (Phi) is 5.93. The van der Waals surface area contributed by atoms with Gasteiger partial charge >= 0.3 is 0 Å². The number of piperidine rings is 1. The SMILES string of the molecule is Oc1ccc2c(c1)C[C@]1(C2)Cc2ccc(O)cc2[C@H]1Cc1ccc(OCCN2CCCCC2)cc1. The lowest BCUT2D eigenvalue weighted by atomic mass is 9.71. The summed E-state index contributed by atoms with van der Waals surface area (Å²) in [6.45, 7) is 4.14. The molecule has 1 saturated heterocycles. The highest BCUT2D eigenvalue weighted by Gasteiger charge is 2.49. The molecule has 1 fully saturated rings. The molecule has 0 radical (unpaired) electrons. The normalized spacial score (nSPS) is 23.4. The Balaban J connectivity index is 1.18. The molecule has 1 spiro atoms. The quantitative estimate of drug-likeness (QED) is 0.491. The zero-order chi connectivity index (χ0) is 23.8. The number of likely N-dealkylation sites (tertiary alicyclic amines) is 1. The predicted molar refractivity (Wildman–Crippen MR) is 138 cm³/mol. The minimum absolute atomic E-state index is 0.0931. The first-order valence-corrected chi connectivity index (χ1v) is 13.1. The standard InChI is InChI=1S/C31H35NO3/c33-26-8-6-23-19-31(21-25(23)17-26)20-24-7-9-27(34)18-29(24)30(31)16-22-4-10-28(11-5-22)35-15-14-32-12-2-1-3-13-32/h4-11,17-18,30,33-34H,1-3,12-16,19-21H2/t30-,31+/m1/s1. The second-order valence-corrected chi connectivity index (χ2v) is 10.9. The minimum atomic E-state index is 0.0931. The lowest BCUT2D eigenvalue weighted by Gasteiger charge is -2.32. The van der Waals surface area contributed by atoms with Crippen LogP contribution in [-0.2, 0) is 25.7 Å². The van der Waals surface area contributed by atoms with E-state index in [9.17, 15) is 10.2 Å². The van der Waals surface area contributed by atoms with Crippen molar-refractivity contribution >= 4 is 0 Å². The molecular weight excluding hydrogens is 434 g/mol. The third kappa shape index (κ3) is 4.52. The number of phenols is 2. The first kappa shape index (κ1) is 22.5. The Morgan fingerprint density at radius 3 is 2.26 bits per heavy atom. The molecule has 0 unspecified atom stereocenters. The first-order valence-electron chi connectivity index (χ1n) is 13.1. The lowest BCUT2D eigenvalue weighted by molar-refractivity contribution is 0.183. The van der Waals surface area contributed by atoms with Gasteiger partial charge in [0.05, 0.1) is 0 Å². The van der Waals surface area contributed by atoms with Crippen molar-refractivity contribution in [2.75, 3.05) is 26.2 Å². The van der Waals surface area contributed by atoms with Gasteiger partial charge in [-0.25, -0.2) is 0 Å². The topological polar surface area (TPSA) is 52.9 Å². The van der Waals surface area contributed by atoms with Crippen molar-refractivity contribution in [2.24, 2.45) is 5.41 Å². The van der Waals surface area contributed by atoms with Crippen LogP contribution in [0.4, 0.5) is 0 Å². The summed E-state index contributed by atoms with van der Waals surface area (Å²) in [6, 6.07) is 20.4. The fourth-order valence-corrected chi connectivity index (χ4v) is 6.80. The monoisotopic (exact) mass is 469 g/mol. The van der Waals surface area contributed by atoms with Gasteiger partial charge in [0.25, 0.3) is 0 Å². The Hall–Kier alpha value is -2.98. The van der Waals surface area contributed by atoms with Crippen LogP contribution in [0, 0.1) is 5.41 Å².